The SMILES string of the molecule is Fc1cc(Br)cc(F)c1C(F)(F)Br. The van der Waals surface area contributed by atoms with Gasteiger partial charge in [-0.2, -0.15) is 8.78 Å². The van der Waals surface area contributed by atoms with E-state index < -0.39 is 22.0 Å². The Labute approximate surface area is 88.2 Å². The van der Waals surface area contributed by atoms with Crippen LogP contribution >= 0.6 is 31.9 Å². The molecule has 0 radical (unpaired) electrons. The minimum atomic E-state index is -3.69. The highest BCUT2D eigenvalue weighted by atomic mass is 79.9. The molecule has 0 bridgehead atoms. The first kappa shape index (κ1) is 11.0. The van der Waals surface area contributed by atoms with E-state index in [0.717, 1.165) is 12.1 Å². The molecule has 0 nitrogen and oxygen atoms in total. The molecular weight excluding hydrogens is 320 g/mol. The molecular formula is C7H2Br2F4. The van der Waals surface area contributed by atoms with Gasteiger partial charge in [-0.05, 0) is 28.1 Å². The van der Waals surface area contributed by atoms with Crippen LogP contribution in [0.25, 0.3) is 0 Å². The maximum atomic E-state index is 12.8. The third-order valence-corrected chi connectivity index (χ3v) is 2.14. The molecule has 0 amide bonds. The van der Waals surface area contributed by atoms with Crippen LogP contribution < -0.4 is 0 Å². The highest BCUT2D eigenvalue weighted by Gasteiger charge is 2.34. The lowest BCUT2D eigenvalue weighted by molar-refractivity contribution is 0.105. The summed E-state index contributed by atoms with van der Waals surface area (Å²) in [6.07, 6.45) is 0. The van der Waals surface area contributed by atoms with E-state index in [1.165, 1.54) is 0 Å². The number of hydrogen-bond donors (Lipinski definition) is 0. The summed E-state index contributed by atoms with van der Waals surface area (Å²) in [7, 11) is 0. The van der Waals surface area contributed by atoms with E-state index in [2.05, 4.69) is 15.9 Å². The molecule has 0 saturated heterocycles. The summed E-state index contributed by atoms with van der Waals surface area (Å²) in [4.78, 5) is -3.69. The van der Waals surface area contributed by atoms with Crippen LogP contribution in [0.3, 0.4) is 0 Å². The fraction of sp³-hybridized carbons (Fsp3) is 0.143. The lowest BCUT2D eigenvalue weighted by atomic mass is 10.2. The number of benzene rings is 1. The zero-order valence-electron chi connectivity index (χ0n) is 5.92. The largest absolute Gasteiger partial charge is 0.332 e. The molecule has 1 rings (SSSR count). The van der Waals surface area contributed by atoms with Gasteiger partial charge in [0.2, 0.25) is 0 Å². The van der Waals surface area contributed by atoms with Crippen molar-refractivity contribution in [2.45, 2.75) is 4.83 Å². The van der Waals surface area contributed by atoms with Crippen molar-refractivity contribution in [2.24, 2.45) is 0 Å². The summed E-state index contributed by atoms with van der Waals surface area (Å²) in [5, 5.41) is 0. The lowest BCUT2D eigenvalue weighted by Crippen LogP contribution is -2.09. The van der Waals surface area contributed by atoms with Gasteiger partial charge in [-0.1, -0.05) is 15.9 Å². The molecule has 0 aliphatic rings. The van der Waals surface area contributed by atoms with E-state index in [-0.39, 0.29) is 4.47 Å². The van der Waals surface area contributed by atoms with E-state index in [9.17, 15) is 17.6 Å². The van der Waals surface area contributed by atoms with Crippen LogP contribution in [0, 0.1) is 11.6 Å². The van der Waals surface area contributed by atoms with E-state index in [0.29, 0.717) is 0 Å². The Balaban J connectivity index is 3.38. The maximum Gasteiger partial charge on any atom is 0.332 e. The van der Waals surface area contributed by atoms with Gasteiger partial charge in [0, 0.05) is 4.47 Å². The number of rotatable bonds is 1. The quantitative estimate of drug-likeness (QED) is 0.538. The summed E-state index contributed by atoms with van der Waals surface area (Å²) >= 11 is 4.66. The van der Waals surface area contributed by atoms with Crippen LogP contribution in [0.1, 0.15) is 5.56 Å². The average Bonchev–Trinajstić information content (AvgIpc) is 1.78. The van der Waals surface area contributed by atoms with Crippen molar-refractivity contribution in [3.8, 4) is 0 Å². The Morgan fingerprint density at radius 2 is 1.46 bits per heavy atom. The Bertz CT molecular complexity index is 309. The first-order valence-electron chi connectivity index (χ1n) is 3.04. The highest BCUT2D eigenvalue weighted by Crippen LogP contribution is 2.38. The molecule has 0 heterocycles. The molecule has 13 heavy (non-hydrogen) atoms. The summed E-state index contributed by atoms with van der Waals surface area (Å²) in [5.41, 5.74) is -1.28. The molecule has 0 atom stereocenters. The Morgan fingerprint density at radius 1 is 1.08 bits per heavy atom. The molecule has 0 N–H and O–H groups in total. The molecule has 0 unspecified atom stereocenters. The number of hydrogen-bond acceptors (Lipinski definition) is 0. The van der Waals surface area contributed by atoms with Gasteiger partial charge in [0.15, 0.2) is 0 Å². The van der Waals surface area contributed by atoms with Crippen LogP contribution in [-0.4, -0.2) is 0 Å². The van der Waals surface area contributed by atoms with Gasteiger partial charge >= 0.3 is 4.83 Å². The maximum absolute atomic E-state index is 12.8. The van der Waals surface area contributed by atoms with Gasteiger partial charge < -0.3 is 0 Å². The van der Waals surface area contributed by atoms with Gasteiger partial charge in [-0.25, -0.2) is 8.78 Å². The normalized spacial score (nSPS) is 11.8. The van der Waals surface area contributed by atoms with Crippen molar-refractivity contribution < 1.29 is 17.6 Å². The highest BCUT2D eigenvalue weighted by molar-refractivity contribution is 9.10. The van der Waals surface area contributed by atoms with Crippen LogP contribution in [0.4, 0.5) is 17.6 Å². The molecule has 0 saturated carbocycles. The molecule has 0 aromatic heterocycles. The molecule has 0 aliphatic carbocycles. The number of alkyl halides is 3. The van der Waals surface area contributed by atoms with E-state index in [1.54, 1.807) is 0 Å². The zero-order chi connectivity index (χ0) is 10.2. The Morgan fingerprint density at radius 3 is 1.77 bits per heavy atom. The van der Waals surface area contributed by atoms with E-state index >= 15 is 0 Å². The first-order valence-corrected chi connectivity index (χ1v) is 4.62. The predicted octanol–water partition coefficient (Wildman–Crippen LogP) is 4.17. The van der Waals surface area contributed by atoms with Gasteiger partial charge in [0.25, 0.3) is 0 Å². The van der Waals surface area contributed by atoms with Crippen LogP contribution in [-0.2, 0) is 4.83 Å². The molecule has 0 fully saturated rings. The summed E-state index contributed by atoms with van der Waals surface area (Å²) in [5.74, 6) is -2.59. The van der Waals surface area contributed by atoms with Crippen molar-refractivity contribution in [2.75, 3.05) is 0 Å². The predicted molar refractivity (Wildman–Crippen MR) is 46.9 cm³/mol. The summed E-state index contributed by atoms with van der Waals surface area (Å²) in [6.45, 7) is 0. The monoisotopic (exact) mass is 320 g/mol. The molecule has 1 aromatic rings. The molecule has 1 aromatic carbocycles. The van der Waals surface area contributed by atoms with E-state index in [1.807, 2.05) is 15.9 Å². The topological polar surface area (TPSA) is 0 Å². The van der Waals surface area contributed by atoms with Gasteiger partial charge in [0.05, 0.1) is 0 Å². The van der Waals surface area contributed by atoms with E-state index in [4.69, 9.17) is 0 Å². The standard InChI is InChI=1S/C7H2Br2F4/c8-3-1-4(10)6(5(11)2-3)7(9,12)13/h1-2H. The molecule has 6 heteroatoms. The fourth-order valence-electron chi connectivity index (χ4n) is 0.813. The second kappa shape index (κ2) is 3.57. The third kappa shape index (κ3) is 2.43. The molecule has 72 valence electrons. The van der Waals surface area contributed by atoms with Crippen molar-refractivity contribution in [3.63, 3.8) is 0 Å². The van der Waals surface area contributed by atoms with Gasteiger partial charge in [-0.3, -0.25) is 0 Å². The molecule has 0 spiro atoms. The fourth-order valence-corrected chi connectivity index (χ4v) is 1.59. The smallest absolute Gasteiger partial charge is 0.206 e. The minimum Gasteiger partial charge on any atom is -0.206 e. The zero-order valence-corrected chi connectivity index (χ0v) is 9.09. The minimum absolute atomic E-state index is 0.0722. The van der Waals surface area contributed by atoms with Crippen molar-refractivity contribution in [3.05, 3.63) is 33.8 Å². The van der Waals surface area contributed by atoms with Gasteiger partial charge in [0.1, 0.15) is 17.2 Å². The van der Waals surface area contributed by atoms with Crippen LogP contribution in [0.15, 0.2) is 16.6 Å². The van der Waals surface area contributed by atoms with Crippen molar-refractivity contribution in [1.29, 1.82) is 0 Å². The summed E-state index contributed by atoms with van der Waals surface area (Å²) in [6, 6.07) is 1.54. The Hall–Kier alpha value is -0.100. The van der Waals surface area contributed by atoms with Gasteiger partial charge in [-0.15, -0.1) is 0 Å². The summed E-state index contributed by atoms with van der Waals surface area (Å²) < 4.78 is 50.8. The number of halogens is 6. The van der Waals surface area contributed by atoms with Crippen molar-refractivity contribution in [1.82, 2.24) is 0 Å². The molecule has 0 aliphatic heterocycles. The third-order valence-electron chi connectivity index (χ3n) is 1.29. The lowest BCUT2D eigenvalue weighted by Gasteiger charge is -2.10. The van der Waals surface area contributed by atoms with Crippen molar-refractivity contribution >= 4 is 31.9 Å². The second-order valence-corrected chi connectivity index (χ2v) is 4.15. The first-order chi connectivity index (χ1) is 5.82. The van der Waals surface area contributed by atoms with Crippen LogP contribution in [0.2, 0.25) is 0 Å². The Kier molecular flexibility index (Phi) is 3.01. The average molecular weight is 322 g/mol. The van der Waals surface area contributed by atoms with Crippen LogP contribution in [0.5, 0.6) is 0 Å². The second-order valence-electron chi connectivity index (χ2n) is 2.24.